The first kappa shape index (κ1) is 14.5. The van der Waals surface area contributed by atoms with E-state index in [0.29, 0.717) is 13.0 Å². The Bertz CT molecular complexity index is 405. The number of aryl methyl sites for hydroxylation is 1. The van der Waals surface area contributed by atoms with Crippen molar-refractivity contribution >= 4 is 11.6 Å². The number of anilines is 1. The van der Waals surface area contributed by atoms with Crippen LogP contribution in [0.1, 0.15) is 18.9 Å². The summed E-state index contributed by atoms with van der Waals surface area (Å²) >= 11 is 0. The van der Waals surface area contributed by atoms with E-state index in [4.69, 9.17) is 4.74 Å². The predicted octanol–water partition coefficient (Wildman–Crippen LogP) is 1.83. The van der Waals surface area contributed by atoms with Crippen LogP contribution in [-0.4, -0.2) is 33.7 Å². The van der Waals surface area contributed by atoms with Crippen molar-refractivity contribution < 1.29 is 9.53 Å². The maximum Gasteiger partial charge on any atom is 0.228 e. The highest BCUT2D eigenvalue weighted by Gasteiger charge is 2.15. The molecule has 1 aromatic rings. The highest BCUT2D eigenvalue weighted by molar-refractivity contribution is 5.94. The molecular weight excluding hydrogens is 228 g/mol. The van der Waals surface area contributed by atoms with Crippen molar-refractivity contribution in [3.8, 4) is 5.75 Å². The van der Waals surface area contributed by atoms with Gasteiger partial charge in [0, 0.05) is 20.0 Å². The van der Waals surface area contributed by atoms with Crippen LogP contribution in [0.15, 0.2) is 18.2 Å². The molecule has 100 valence electrons. The fraction of sp³-hybridized carbons (Fsp3) is 0.500. The Labute approximate surface area is 109 Å². The zero-order valence-electron chi connectivity index (χ0n) is 11.6. The lowest BCUT2D eigenvalue weighted by atomic mass is 10.1. The van der Waals surface area contributed by atoms with Crippen molar-refractivity contribution in [1.82, 2.24) is 5.32 Å². The molecule has 0 saturated carbocycles. The molecule has 18 heavy (non-hydrogen) atoms. The first-order valence-electron chi connectivity index (χ1n) is 6.22. The zero-order valence-corrected chi connectivity index (χ0v) is 11.6. The van der Waals surface area contributed by atoms with Gasteiger partial charge in [-0.15, -0.1) is 0 Å². The molecule has 0 aliphatic rings. The van der Waals surface area contributed by atoms with Crippen molar-refractivity contribution in [2.75, 3.05) is 32.6 Å². The van der Waals surface area contributed by atoms with Gasteiger partial charge < -0.3 is 15.0 Å². The Hall–Kier alpha value is -1.55. The number of hydrogen-bond donors (Lipinski definition) is 1. The Morgan fingerprint density at radius 2 is 2.17 bits per heavy atom. The number of amides is 1. The first-order chi connectivity index (χ1) is 8.63. The van der Waals surface area contributed by atoms with E-state index < -0.39 is 0 Å². The van der Waals surface area contributed by atoms with E-state index in [1.807, 2.05) is 25.2 Å². The third kappa shape index (κ3) is 3.47. The lowest BCUT2D eigenvalue weighted by Gasteiger charge is -2.20. The van der Waals surface area contributed by atoms with E-state index in [2.05, 4.69) is 12.2 Å². The minimum atomic E-state index is 0.0795. The van der Waals surface area contributed by atoms with Gasteiger partial charge in [-0.3, -0.25) is 4.79 Å². The van der Waals surface area contributed by atoms with Crippen LogP contribution in [0, 0.1) is 0 Å². The fourth-order valence-electron chi connectivity index (χ4n) is 1.75. The SMILES string of the molecule is CCc1ccc(OC)c(N(C)C(=O)CCNC)c1. The number of ether oxygens (including phenoxy) is 1. The number of nitrogens with one attached hydrogen (secondary N) is 1. The van der Waals surface area contributed by atoms with E-state index >= 15 is 0 Å². The summed E-state index contributed by atoms with van der Waals surface area (Å²) in [6.07, 6.45) is 1.42. The molecular formula is C14H22N2O2. The quantitative estimate of drug-likeness (QED) is 0.837. The number of nitrogens with zero attached hydrogens (tertiary/aromatic N) is 1. The lowest BCUT2D eigenvalue weighted by molar-refractivity contribution is -0.118. The molecule has 1 aromatic carbocycles. The van der Waals surface area contributed by atoms with Crippen molar-refractivity contribution in [3.63, 3.8) is 0 Å². The Balaban J connectivity index is 2.94. The second-order valence-electron chi connectivity index (χ2n) is 4.17. The average molecular weight is 250 g/mol. The summed E-state index contributed by atoms with van der Waals surface area (Å²) in [7, 11) is 5.25. The maximum absolute atomic E-state index is 12.0. The van der Waals surface area contributed by atoms with Gasteiger partial charge in [0.15, 0.2) is 0 Å². The van der Waals surface area contributed by atoms with E-state index in [-0.39, 0.29) is 5.91 Å². The molecule has 0 aliphatic carbocycles. The van der Waals surface area contributed by atoms with Gasteiger partial charge >= 0.3 is 0 Å². The topological polar surface area (TPSA) is 41.6 Å². The summed E-state index contributed by atoms with van der Waals surface area (Å²) < 4.78 is 5.31. The molecule has 0 bridgehead atoms. The van der Waals surface area contributed by atoms with Crippen LogP contribution in [0.3, 0.4) is 0 Å². The molecule has 0 radical (unpaired) electrons. The Morgan fingerprint density at radius 3 is 2.72 bits per heavy atom. The van der Waals surface area contributed by atoms with E-state index in [0.717, 1.165) is 17.9 Å². The number of benzene rings is 1. The second-order valence-corrected chi connectivity index (χ2v) is 4.17. The summed E-state index contributed by atoms with van der Waals surface area (Å²) in [5, 5.41) is 2.98. The van der Waals surface area contributed by atoms with Crippen LogP contribution >= 0.6 is 0 Å². The lowest BCUT2D eigenvalue weighted by Crippen LogP contribution is -2.29. The summed E-state index contributed by atoms with van der Waals surface area (Å²) in [6, 6.07) is 5.94. The van der Waals surface area contributed by atoms with Gasteiger partial charge in [-0.1, -0.05) is 13.0 Å². The third-order valence-corrected chi connectivity index (χ3v) is 2.98. The smallest absolute Gasteiger partial charge is 0.228 e. The molecule has 0 saturated heterocycles. The van der Waals surface area contributed by atoms with E-state index in [1.165, 1.54) is 5.56 Å². The van der Waals surface area contributed by atoms with Gasteiger partial charge in [-0.25, -0.2) is 0 Å². The second kappa shape index (κ2) is 7.01. The van der Waals surface area contributed by atoms with Crippen LogP contribution in [0.2, 0.25) is 0 Å². The molecule has 0 aliphatic heterocycles. The van der Waals surface area contributed by atoms with E-state index in [1.54, 1.807) is 19.1 Å². The molecule has 0 aromatic heterocycles. The molecule has 4 heteroatoms. The molecule has 0 fully saturated rings. The highest BCUT2D eigenvalue weighted by Crippen LogP contribution is 2.29. The Morgan fingerprint density at radius 1 is 1.44 bits per heavy atom. The van der Waals surface area contributed by atoms with Crippen LogP contribution < -0.4 is 15.0 Å². The van der Waals surface area contributed by atoms with Crippen LogP contribution in [0.25, 0.3) is 0 Å². The molecule has 1 N–H and O–H groups in total. The van der Waals surface area contributed by atoms with Gasteiger partial charge in [-0.05, 0) is 31.2 Å². The number of carbonyl (C=O) groups is 1. The summed E-state index contributed by atoms with van der Waals surface area (Å²) in [6.45, 7) is 2.77. The van der Waals surface area contributed by atoms with Gasteiger partial charge in [-0.2, -0.15) is 0 Å². The molecule has 0 spiro atoms. The number of hydrogen-bond acceptors (Lipinski definition) is 3. The summed E-state index contributed by atoms with van der Waals surface area (Å²) in [5.74, 6) is 0.809. The molecule has 4 nitrogen and oxygen atoms in total. The summed E-state index contributed by atoms with van der Waals surface area (Å²) in [5.41, 5.74) is 2.03. The molecule has 1 rings (SSSR count). The van der Waals surface area contributed by atoms with Gasteiger partial charge in [0.05, 0.1) is 12.8 Å². The molecule has 1 amide bonds. The third-order valence-electron chi connectivity index (χ3n) is 2.98. The van der Waals surface area contributed by atoms with Crippen LogP contribution in [0.4, 0.5) is 5.69 Å². The van der Waals surface area contributed by atoms with Crippen LogP contribution in [-0.2, 0) is 11.2 Å². The summed E-state index contributed by atoms with van der Waals surface area (Å²) in [4.78, 5) is 13.7. The van der Waals surface area contributed by atoms with Gasteiger partial charge in [0.1, 0.15) is 5.75 Å². The highest BCUT2D eigenvalue weighted by atomic mass is 16.5. The Kier molecular flexibility index (Phi) is 5.65. The molecule has 0 unspecified atom stereocenters. The monoisotopic (exact) mass is 250 g/mol. The van der Waals surface area contributed by atoms with Crippen molar-refractivity contribution in [2.45, 2.75) is 19.8 Å². The standard InChI is InChI=1S/C14H22N2O2/c1-5-11-6-7-13(18-4)12(10-11)16(3)14(17)8-9-15-2/h6-7,10,15H,5,8-9H2,1-4H3. The number of rotatable bonds is 6. The predicted molar refractivity (Wildman–Crippen MR) is 74.3 cm³/mol. The van der Waals surface area contributed by atoms with Gasteiger partial charge in [0.25, 0.3) is 0 Å². The molecule has 0 heterocycles. The first-order valence-corrected chi connectivity index (χ1v) is 6.22. The number of carbonyl (C=O) groups excluding carboxylic acids is 1. The molecule has 0 atom stereocenters. The largest absolute Gasteiger partial charge is 0.495 e. The van der Waals surface area contributed by atoms with Gasteiger partial charge in [0.2, 0.25) is 5.91 Å². The van der Waals surface area contributed by atoms with Crippen molar-refractivity contribution in [2.24, 2.45) is 0 Å². The van der Waals surface area contributed by atoms with Crippen molar-refractivity contribution in [1.29, 1.82) is 0 Å². The average Bonchev–Trinajstić information content (AvgIpc) is 2.43. The fourth-order valence-corrected chi connectivity index (χ4v) is 1.75. The van der Waals surface area contributed by atoms with E-state index in [9.17, 15) is 4.79 Å². The van der Waals surface area contributed by atoms with Crippen LogP contribution in [0.5, 0.6) is 5.75 Å². The minimum Gasteiger partial charge on any atom is -0.495 e. The van der Waals surface area contributed by atoms with Crippen molar-refractivity contribution in [3.05, 3.63) is 23.8 Å². The zero-order chi connectivity index (χ0) is 13.5. The maximum atomic E-state index is 12.0. The number of methoxy groups -OCH3 is 1. The minimum absolute atomic E-state index is 0.0795. The normalized spacial score (nSPS) is 10.2.